The van der Waals surface area contributed by atoms with E-state index in [0.717, 1.165) is 33.0 Å². The molecule has 3 aromatic rings. The zero-order valence-corrected chi connectivity index (χ0v) is 21.1. The van der Waals surface area contributed by atoms with E-state index in [-0.39, 0.29) is 37.6 Å². The van der Waals surface area contributed by atoms with Crippen LogP contribution in [-0.4, -0.2) is 38.9 Å². The molecule has 0 spiro atoms. The fraction of sp³-hybridized carbons (Fsp3) is 0.321. The molecule has 0 aliphatic carbocycles. The summed E-state index contributed by atoms with van der Waals surface area (Å²) in [6.07, 6.45) is 1.42. The minimum Gasteiger partial charge on any atom is -0.481 e. The lowest BCUT2D eigenvalue weighted by molar-refractivity contribution is -0.245. The van der Waals surface area contributed by atoms with Gasteiger partial charge in [0, 0.05) is 36.9 Å². The molecule has 3 N–H and O–H groups in total. The van der Waals surface area contributed by atoms with E-state index in [1.807, 2.05) is 66.7 Å². The highest BCUT2D eigenvalue weighted by Gasteiger charge is 2.32. The SMILES string of the molecule is O=C(O)CCC(=O)NCc1ccc([C@H]2O[C@@H](CSc3ccccn3)C[C@@H](c3ccc(CO)cc3)O2)cc1. The molecule has 1 aliphatic rings. The second-order valence-electron chi connectivity index (χ2n) is 8.74. The third-order valence-electron chi connectivity index (χ3n) is 5.98. The number of ether oxygens (including phenoxy) is 2. The number of aliphatic carboxylic acids is 1. The topological polar surface area (TPSA) is 118 Å². The van der Waals surface area contributed by atoms with Crippen LogP contribution in [0, 0.1) is 0 Å². The number of nitrogens with zero attached hydrogens (tertiary/aromatic N) is 1. The first-order chi connectivity index (χ1) is 18.0. The van der Waals surface area contributed by atoms with Crippen molar-refractivity contribution in [3.05, 3.63) is 95.2 Å². The third kappa shape index (κ3) is 8.13. The second-order valence-corrected chi connectivity index (χ2v) is 9.78. The van der Waals surface area contributed by atoms with Gasteiger partial charge in [-0.15, -0.1) is 11.8 Å². The van der Waals surface area contributed by atoms with E-state index >= 15 is 0 Å². The molecule has 1 saturated heterocycles. The maximum absolute atomic E-state index is 11.8. The smallest absolute Gasteiger partial charge is 0.303 e. The first kappa shape index (κ1) is 26.8. The highest BCUT2D eigenvalue weighted by molar-refractivity contribution is 7.99. The Labute approximate surface area is 220 Å². The molecule has 4 rings (SSSR count). The van der Waals surface area contributed by atoms with Crippen LogP contribution in [-0.2, 0) is 32.2 Å². The van der Waals surface area contributed by atoms with E-state index in [9.17, 15) is 14.7 Å². The number of aromatic nitrogens is 1. The van der Waals surface area contributed by atoms with Gasteiger partial charge in [0.05, 0.1) is 30.3 Å². The number of rotatable bonds is 11. The molecule has 0 bridgehead atoms. The van der Waals surface area contributed by atoms with Crippen LogP contribution >= 0.6 is 11.8 Å². The van der Waals surface area contributed by atoms with Crippen LogP contribution in [0.1, 0.15) is 53.9 Å². The molecule has 0 saturated carbocycles. The lowest BCUT2D eigenvalue weighted by atomic mass is 10.0. The zero-order chi connectivity index (χ0) is 26.0. The van der Waals surface area contributed by atoms with Gasteiger partial charge in [-0.25, -0.2) is 4.98 Å². The molecular weight excluding hydrogens is 492 g/mol. The van der Waals surface area contributed by atoms with E-state index in [1.165, 1.54) is 0 Å². The minimum atomic E-state index is -0.994. The van der Waals surface area contributed by atoms with E-state index < -0.39 is 12.3 Å². The Morgan fingerprint density at radius 3 is 2.35 bits per heavy atom. The van der Waals surface area contributed by atoms with Crippen LogP contribution in [0.25, 0.3) is 0 Å². The molecule has 9 heteroatoms. The summed E-state index contributed by atoms with van der Waals surface area (Å²) in [5, 5.41) is 21.8. The molecule has 1 aromatic heterocycles. The number of carboxylic acids is 1. The van der Waals surface area contributed by atoms with Gasteiger partial charge in [-0.05, 0) is 28.8 Å². The Kier molecular flexibility index (Phi) is 9.67. The molecule has 1 fully saturated rings. The van der Waals surface area contributed by atoms with Gasteiger partial charge in [-0.1, -0.05) is 54.6 Å². The summed E-state index contributed by atoms with van der Waals surface area (Å²) < 4.78 is 12.7. The number of carbonyl (C=O) groups excluding carboxylic acids is 1. The van der Waals surface area contributed by atoms with E-state index in [0.29, 0.717) is 13.0 Å². The normalized spacial score (nSPS) is 19.3. The lowest BCUT2D eigenvalue weighted by Gasteiger charge is -2.36. The van der Waals surface area contributed by atoms with Crippen LogP contribution in [0.4, 0.5) is 0 Å². The Bertz CT molecular complexity index is 1160. The lowest BCUT2D eigenvalue weighted by Crippen LogP contribution is -2.31. The summed E-state index contributed by atoms with van der Waals surface area (Å²) in [5.74, 6) is -0.567. The summed E-state index contributed by atoms with van der Waals surface area (Å²) in [5.41, 5.74) is 3.63. The first-order valence-corrected chi connectivity index (χ1v) is 13.1. The molecule has 194 valence electrons. The van der Waals surface area contributed by atoms with Crippen LogP contribution in [0.3, 0.4) is 0 Å². The van der Waals surface area contributed by atoms with Gasteiger partial charge in [-0.3, -0.25) is 9.59 Å². The highest BCUT2D eigenvalue weighted by Crippen LogP contribution is 2.39. The number of aliphatic hydroxyl groups excluding tert-OH is 1. The van der Waals surface area contributed by atoms with Gasteiger partial charge in [0.2, 0.25) is 5.91 Å². The number of carbonyl (C=O) groups is 2. The maximum Gasteiger partial charge on any atom is 0.303 e. The van der Waals surface area contributed by atoms with Crippen LogP contribution in [0.5, 0.6) is 0 Å². The number of pyridine rings is 1. The van der Waals surface area contributed by atoms with Crippen molar-refractivity contribution in [2.45, 2.75) is 55.9 Å². The average molecular weight is 523 g/mol. The average Bonchev–Trinajstić information content (AvgIpc) is 2.94. The van der Waals surface area contributed by atoms with Crippen molar-refractivity contribution in [3.63, 3.8) is 0 Å². The van der Waals surface area contributed by atoms with Gasteiger partial charge >= 0.3 is 5.97 Å². The quantitative estimate of drug-likeness (QED) is 0.317. The molecule has 1 amide bonds. The summed E-state index contributed by atoms with van der Waals surface area (Å²) in [6.45, 7) is 0.307. The minimum absolute atomic E-state index is 0.00670. The zero-order valence-electron chi connectivity index (χ0n) is 20.3. The van der Waals surface area contributed by atoms with Crippen molar-refractivity contribution < 1.29 is 29.3 Å². The molecule has 3 atom stereocenters. The van der Waals surface area contributed by atoms with Crippen LogP contribution in [0.15, 0.2) is 78.0 Å². The van der Waals surface area contributed by atoms with Gasteiger partial charge < -0.3 is 25.0 Å². The Morgan fingerprint density at radius 2 is 1.68 bits per heavy atom. The fourth-order valence-corrected chi connectivity index (χ4v) is 4.82. The van der Waals surface area contributed by atoms with Gasteiger partial charge in [0.25, 0.3) is 0 Å². The maximum atomic E-state index is 11.8. The molecule has 2 heterocycles. The van der Waals surface area contributed by atoms with Crippen molar-refractivity contribution in [3.8, 4) is 0 Å². The second kappa shape index (κ2) is 13.3. The number of carboxylic acid groups (broad SMARTS) is 1. The Morgan fingerprint density at radius 1 is 0.946 bits per heavy atom. The molecule has 2 aromatic carbocycles. The predicted octanol–water partition coefficient (Wildman–Crippen LogP) is 4.39. The van der Waals surface area contributed by atoms with Crippen molar-refractivity contribution in [1.82, 2.24) is 10.3 Å². The number of thioether (sulfide) groups is 1. The molecule has 37 heavy (non-hydrogen) atoms. The van der Waals surface area contributed by atoms with Crippen molar-refractivity contribution in [2.75, 3.05) is 5.75 Å². The van der Waals surface area contributed by atoms with Crippen LogP contribution in [0.2, 0.25) is 0 Å². The number of aliphatic hydroxyl groups is 1. The molecule has 1 aliphatic heterocycles. The Hall–Kier alpha value is -3.24. The number of hydrogen-bond acceptors (Lipinski definition) is 7. The number of benzene rings is 2. The van der Waals surface area contributed by atoms with Gasteiger partial charge in [0.15, 0.2) is 6.29 Å². The summed E-state index contributed by atoms with van der Waals surface area (Å²) in [7, 11) is 0. The highest BCUT2D eigenvalue weighted by atomic mass is 32.2. The summed E-state index contributed by atoms with van der Waals surface area (Å²) >= 11 is 1.64. The molecule has 0 radical (unpaired) electrons. The predicted molar refractivity (Wildman–Crippen MR) is 139 cm³/mol. The van der Waals surface area contributed by atoms with Crippen molar-refractivity contribution >= 4 is 23.6 Å². The largest absolute Gasteiger partial charge is 0.481 e. The first-order valence-electron chi connectivity index (χ1n) is 12.1. The van der Waals surface area contributed by atoms with Crippen LogP contribution < -0.4 is 5.32 Å². The monoisotopic (exact) mass is 522 g/mol. The fourth-order valence-electron chi connectivity index (χ4n) is 3.94. The van der Waals surface area contributed by atoms with Gasteiger partial charge in [-0.2, -0.15) is 0 Å². The molecular formula is C28H30N2O6S. The van der Waals surface area contributed by atoms with Crippen molar-refractivity contribution in [1.29, 1.82) is 0 Å². The summed E-state index contributed by atoms with van der Waals surface area (Å²) in [4.78, 5) is 26.8. The van der Waals surface area contributed by atoms with E-state index in [1.54, 1.807) is 18.0 Å². The van der Waals surface area contributed by atoms with E-state index in [4.69, 9.17) is 14.6 Å². The number of nitrogens with one attached hydrogen (secondary N) is 1. The Balaban J connectivity index is 1.43. The van der Waals surface area contributed by atoms with Crippen molar-refractivity contribution in [2.24, 2.45) is 0 Å². The molecule has 8 nitrogen and oxygen atoms in total. The third-order valence-corrected chi connectivity index (χ3v) is 7.05. The number of hydrogen-bond donors (Lipinski definition) is 3. The van der Waals surface area contributed by atoms with Gasteiger partial charge in [0.1, 0.15) is 0 Å². The molecule has 0 unspecified atom stereocenters. The summed E-state index contributed by atoms with van der Waals surface area (Å²) in [6, 6.07) is 21.2. The standard InChI is InChI=1S/C28H30N2O6S/c31-17-20-6-8-21(9-7-20)24-15-23(18-37-26-3-1-2-14-29-26)35-28(36-24)22-10-4-19(5-11-22)16-30-25(32)12-13-27(33)34/h1-11,14,23-24,28,31H,12-13,15-18H2,(H,30,32)(H,33,34)/t23-,24+,28+/m1/s1. The number of amides is 1. The van der Waals surface area contributed by atoms with E-state index in [2.05, 4.69) is 10.3 Å².